The van der Waals surface area contributed by atoms with Crippen LogP contribution in [0, 0.1) is 5.92 Å². The summed E-state index contributed by atoms with van der Waals surface area (Å²) in [5, 5.41) is 8.29. The minimum atomic E-state index is -0.799. The van der Waals surface area contributed by atoms with Gasteiger partial charge in [0, 0.05) is 5.38 Å². The number of hydrogen-bond donors (Lipinski definition) is 1. The van der Waals surface area contributed by atoms with E-state index < -0.39 is 5.97 Å². The molecule has 0 saturated heterocycles. The van der Waals surface area contributed by atoms with E-state index in [4.69, 9.17) is 16.7 Å². The SMILES string of the molecule is CC(C)CCCCCC(Cl)CC(=O)O. The summed E-state index contributed by atoms with van der Waals surface area (Å²) in [6.07, 6.45) is 5.62. The molecule has 0 bridgehead atoms. The number of unbranched alkanes of at least 4 members (excludes halogenated alkanes) is 2. The maximum atomic E-state index is 10.3. The fraction of sp³-hybridized carbons (Fsp3) is 0.909. The fourth-order valence-corrected chi connectivity index (χ4v) is 1.67. The van der Waals surface area contributed by atoms with Crippen molar-refractivity contribution < 1.29 is 9.90 Å². The third-order valence-electron chi connectivity index (χ3n) is 2.19. The number of halogens is 1. The smallest absolute Gasteiger partial charge is 0.304 e. The summed E-state index contributed by atoms with van der Waals surface area (Å²) < 4.78 is 0. The predicted octanol–water partition coefficient (Wildman–Crippen LogP) is 3.68. The van der Waals surface area contributed by atoms with Gasteiger partial charge < -0.3 is 5.11 Å². The molecule has 0 heterocycles. The van der Waals surface area contributed by atoms with Gasteiger partial charge in [0.2, 0.25) is 0 Å². The fourth-order valence-electron chi connectivity index (χ4n) is 1.39. The summed E-state index contributed by atoms with van der Waals surface area (Å²) >= 11 is 5.84. The van der Waals surface area contributed by atoms with Gasteiger partial charge in [-0.25, -0.2) is 0 Å². The Bertz CT molecular complexity index is 157. The van der Waals surface area contributed by atoms with Crippen LogP contribution < -0.4 is 0 Å². The Labute approximate surface area is 91.6 Å². The van der Waals surface area contributed by atoms with Crippen molar-refractivity contribution in [3.05, 3.63) is 0 Å². The maximum Gasteiger partial charge on any atom is 0.304 e. The van der Waals surface area contributed by atoms with Crippen molar-refractivity contribution in [2.75, 3.05) is 0 Å². The summed E-state index contributed by atoms with van der Waals surface area (Å²) in [4.78, 5) is 10.3. The van der Waals surface area contributed by atoms with Crippen molar-refractivity contribution in [1.29, 1.82) is 0 Å². The largest absolute Gasteiger partial charge is 0.481 e. The van der Waals surface area contributed by atoms with Gasteiger partial charge in [-0.05, 0) is 12.3 Å². The van der Waals surface area contributed by atoms with Gasteiger partial charge >= 0.3 is 5.97 Å². The van der Waals surface area contributed by atoms with Crippen LogP contribution in [-0.4, -0.2) is 16.5 Å². The lowest BCUT2D eigenvalue weighted by atomic mass is 10.0. The second-order valence-electron chi connectivity index (χ2n) is 4.23. The summed E-state index contributed by atoms with van der Waals surface area (Å²) in [5.41, 5.74) is 0. The lowest BCUT2D eigenvalue weighted by Crippen LogP contribution is -2.06. The van der Waals surface area contributed by atoms with Crippen LogP contribution in [0.2, 0.25) is 0 Å². The highest BCUT2D eigenvalue weighted by Crippen LogP contribution is 2.14. The highest BCUT2D eigenvalue weighted by molar-refractivity contribution is 6.21. The standard InChI is InChI=1S/C11H21ClO2/c1-9(2)6-4-3-5-7-10(12)8-11(13)14/h9-10H,3-8H2,1-2H3,(H,13,14). The van der Waals surface area contributed by atoms with E-state index in [1.165, 1.54) is 19.3 Å². The zero-order chi connectivity index (χ0) is 11.0. The van der Waals surface area contributed by atoms with Crippen molar-refractivity contribution in [3.8, 4) is 0 Å². The van der Waals surface area contributed by atoms with E-state index in [-0.39, 0.29) is 11.8 Å². The number of carboxylic acids is 1. The molecular weight excluding hydrogens is 200 g/mol. The van der Waals surface area contributed by atoms with E-state index in [1.54, 1.807) is 0 Å². The molecule has 0 saturated carbocycles. The molecule has 0 amide bonds. The van der Waals surface area contributed by atoms with Crippen LogP contribution >= 0.6 is 11.6 Å². The van der Waals surface area contributed by atoms with Gasteiger partial charge in [-0.2, -0.15) is 0 Å². The Balaban J connectivity index is 3.23. The van der Waals surface area contributed by atoms with E-state index in [2.05, 4.69) is 13.8 Å². The van der Waals surface area contributed by atoms with Crippen LogP contribution in [0.3, 0.4) is 0 Å². The van der Waals surface area contributed by atoms with Gasteiger partial charge in [-0.3, -0.25) is 4.79 Å². The highest BCUT2D eigenvalue weighted by atomic mass is 35.5. The second kappa shape index (κ2) is 8.10. The molecule has 0 aliphatic heterocycles. The molecule has 0 radical (unpaired) electrons. The molecule has 84 valence electrons. The third kappa shape index (κ3) is 9.85. The Morgan fingerprint density at radius 1 is 1.21 bits per heavy atom. The molecule has 3 heteroatoms. The summed E-state index contributed by atoms with van der Waals surface area (Å²) in [6, 6.07) is 0. The van der Waals surface area contributed by atoms with E-state index in [0.29, 0.717) is 0 Å². The Morgan fingerprint density at radius 2 is 1.79 bits per heavy atom. The monoisotopic (exact) mass is 220 g/mol. The topological polar surface area (TPSA) is 37.3 Å². The average Bonchev–Trinajstić information content (AvgIpc) is 2.01. The molecule has 2 nitrogen and oxygen atoms in total. The van der Waals surface area contributed by atoms with E-state index >= 15 is 0 Å². The molecule has 0 spiro atoms. The average molecular weight is 221 g/mol. The molecular formula is C11H21ClO2. The molecule has 1 unspecified atom stereocenters. The number of rotatable bonds is 8. The van der Waals surface area contributed by atoms with Crippen molar-refractivity contribution in [3.63, 3.8) is 0 Å². The molecule has 0 aromatic carbocycles. The van der Waals surface area contributed by atoms with Crippen molar-refractivity contribution >= 4 is 17.6 Å². The predicted molar refractivity (Wildman–Crippen MR) is 59.8 cm³/mol. The first-order valence-corrected chi connectivity index (χ1v) is 5.82. The zero-order valence-corrected chi connectivity index (χ0v) is 9.89. The minimum Gasteiger partial charge on any atom is -0.481 e. The summed E-state index contributed by atoms with van der Waals surface area (Å²) in [5.74, 6) is -0.0343. The lowest BCUT2D eigenvalue weighted by Gasteiger charge is -2.07. The second-order valence-corrected chi connectivity index (χ2v) is 4.84. The van der Waals surface area contributed by atoms with Crippen LogP contribution in [-0.2, 0) is 4.79 Å². The molecule has 0 aliphatic rings. The first-order chi connectivity index (χ1) is 6.52. The van der Waals surface area contributed by atoms with Crippen LogP contribution in [0.1, 0.15) is 52.4 Å². The number of carbonyl (C=O) groups is 1. The van der Waals surface area contributed by atoms with Gasteiger partial charge in [0.25, 0.3) is 0 Å². The number of hydrogen-bond acceptors (Lipinski definition) is 1. The molecule has 0 fully saturated rings. The van der Waals surface area contributed by atoms with Crippen molar-refractivity contribution in [2.24, 2.45) is 5.92 Å². The van der Waals surface area contributed by atoms with Gasteiger partial charge in [0.1, 0.15) is 0 Å². The van der Waals surface area contributed by atoms with Crippen LogP contribution in [0.25, 0.3) is 0 Å². The third-order valence-corrected chi connectivity index (χ3v) is 2.57. The van der Waals surface area contributed by atoms with Crippen LogP contribution in [0.15, 0.2) is 0 Å². The summed E-state index contributed by atoms with van der Waals surface area (Å²) in [6.45, 7) is 4.43. The molecule has 0 aromatic heterocycles. The van der Waals surface area contributed by atoms with E-state index in [9.17, 15) is 4.79 Å². The first-order valence-electron chi connectivity index (χ1n) is 5.38. The molecule has 0 rings (SSSR count). The maximum absolute atomic E-state index is 10.3. The van der Waals surface area contributed by atoms with E-state index in [0.717, 1.165) is 18.8 Å². The van der Waals surface area contributed by atoms with E-state index in [1.807, 2.05) is 0 Å². The first kappa shape index (κ1) is 13.8. The van der Waals surface area contributed by atoms with Crippen LogP contribution in [0.4, 0.5) is 0 Å². The Hall–Kier alpha value is -0.240. The minimum absolute atomic E-state index is 0.0890. The van der Waals surface area contributed by atoms with Crippen LogP contribution in [0.5, 0.6) is 0 Å². The summed E-state index contributed by atoms with van der Waals surface area (Å²) in [7, 11) is 0. The Morgan fingerprint density at radius 3 is 2.29 bits per heavy atom. The number of carboxylic acid groups (broad SMARTS) is 1. The molecule has 0 aromatic rings. The van der Waals surface area contributed by atoms with Crippen molar-refractivity contribution in [1.82, 2.24) is 0 Å². The van der Waals surface area contributed by atoms with Gasteiger partial charge in [-0.1, -0.05) is 39.5 Å². The quantitative estimate of drug-likeness (QED) is 0.501. The normalized spacial score (nSPS) is 13.1. The number of alkyl halides is 1. The molecule has 14 heavy (non-hydrogen) atoms. The molecule has 0 aliphatic carbocycles. The highest BCUT2D eigenvalue weighted by Gasteiger charge is 2.08. The van der Waals surface area contributed by atoms with Crippen molar-refractivity contribution in [2.45, 2.75) is 57.7 Å². The zero-order valence-electron chi connectivity index (χ0n) is 9.13. The van der Waals surface area contributed by atoms with Gasteiger partial charge in [0.15, 0.2) is 0 Å². The Kier molecular flexibility index (Phi) is 7.96. The van der Waals surface area contributed by atoms with Gasteiger partial charge in [-0.15, -0.1) is 11.6 Å². The number of aliphatic carboxylic acids is 1. The lowest BCUT2D eigenvalue weighted by molar-refractivity contribution is -0.137. The van der Waals surface area contributed by atoms with Gasteiger partial charge in [0.05, 0.1) is 6.42 Å². The molecule has 1 atom stereocenters. The molecule has 1 N–H and O–H groups in total.